The molecule has 1 N–H and O–H groups in total. The fraction of sp³-hybridized carbons (Fsp3) is 0.474. The van der Waals surface area contributed by atoms with Gasteiger partial charge in [-0.05, 0) is 30.7 Å². The number of halogens is 1. The number of thioether (sulfide) groups is 1. The molecule has 3 heterocycles. The van der Waals surface area contributed by atoms with Crippen molar-refractivity contribution in [2.45, 2.75) is 44.8 Å². The lowest BCUT2D eigenvalue weighted by Gasteiger charge is -2.11. The van der Waals surface area contributed by atoms with E-state index in [0.29, 0.717) is 12.5 Å². The van der Waals surface area contributed by atoms with E-state index in [2.05, 4.69) is 38.9 Å². The molecule has 3 aromatic rings. The molecule has 0 saturated carbocycles. The van der Waals surface area contributed by atoms with Crippen LogP contribution in [0.1, 0.15) is 31.8 Å². The van der Waals surface area contributed by atoms with Gasteiger partial charge in [0.25, 0.3) is 0 Å². The number of hydrogen-bond donors (Lipinski definition) is 1. The standard InChI is InChI=1S/C19H24ClN5OS3/c1-12(2)10-25-16(23-24-19(25)27-3)5-4-8-21-17(26)9-13-11-28-18(22-13)14-6-7-15(20)29-14/h6-7,11-12H,4-5,8-10H2,1-3H3,(H,21,26). The maximum atomic E-state index is 12.2. The molecule has 0 saturated heterocycles. The van der Waals surface area contributed by atoms with Crippen LogP contribution in [-0.2, 0) is 24.2 Å². The molecule has 0 spiro atoms. The van der Waals surface area contributed by atoms with Gasteiger partial charge < -0.3 is 9.88 Å². The van der Waals surface area contributed by atoms with Gasteiger partial charge in [-0.2, -0.15) is 0 Å². The molecule has 0 unspecified atom stereocenters. The third-order valence-corrected chi connectivity index (χ3v) is 7.06. The maximum Gasteiger partial charge on any atom is 0.226 e. The summed E-state index contributed by atoms with van der Waals surface area (Å²) in [6.45, 7) is 5.89. The van der Waals surface area contributed by atoms with E-state index in [0.717, 1.165) is 50.3 Å². The second-order valence-electron chi connectivity index (χ2n) is 6.99. The molecule has 156 valence electrons. The molecule has 6 nitrogen and oxygen atoms in total. The summed E-state index contributed by atoms with van der Waals surface area (Å²) >= 11 is 10.6. The number of aromatic nitrogens is 4. The van der Waals surface area contributed by atoms with Crippen molar-refractivity contribution < 1.29 is 4.79 Å². The number of nitrogens with zero attached hydrogens (tertiary/aromatic N) is 4. The zero-order valence-electron chi connectivity index (χ0n) is 16.6. The zero-order valence-corrected chi connectivity index (χ0v) is 19.9. The van der Waals surface area contributed by atoms with Crippen LogP contribution in [-0.4, -0.2) is 38.5 Å². The average molecular weight is 470 g/mol. The molecular formula is C19H24ClN5OS3. The lowest BCUT2D eigenvalue weighted by atomic mass is 10.2. The number of carbonyl (C=O) groups excluding carboxylic acids is 1. The van der Waals surface area contributed by atoms with Crippen LogP contribution in [0, 0.1) is 5.92 Å². The molecule has 29 heavy (non-hydrogen) atoms. The second kappa shape index (κ2) is 10.6. The summed E-state index contributed by atoms with van der Waals surface area (Å²) in [5.74, 6) is 1.50. The summed E-state index contributed by atoms with van der Waals surface area (Å²) in [6.07, 6.45) is 3.92. The van der Waals surface area contributed by atoms with E-state index in [4.69, 9.17) is 11.6 Å². The van der Waals surface area contributed by atoms with Crippen LogP contribution in [0.5, 0.6) is 0 Å². The van der Waals surface area contributed by atoms with Gasteiger partial charge in [-0.15, -0.1) is 32.9 Å². The van der Waals surface area contributed by atoms with Crippen molar-refractivity contribution in [2.75, 3.05) is 12.8 Å². The van der Waals surface area contributed by atoms with Gasteiger partial charge in [-0.1, -0.05) is 37.2 Å². The van der Waals surface area contributed by atoms with E-state index in [1.54, 1.807) is 11.8 Å². The van der Waals surface area contributed by atoms with Crippen molar-refractivity contribution in [1.82, 2.24) is 25.1 Å². The van der Waals surface area contributed by atoms with Crippen molar-refractivity contribution in [1.29, 1.82) is 0 Å². The Hall–Kier alpha value is -1.42. The minimum atomic E-state index is -0.0143. The highest BCUT2D eigenvalue weighted by Crippen LogP contribution is 2.32. The Bertz CT molecular complexity index is 949. The normalized spacial score (nSPS) is 11.3. The second-order valence-corrected chi connectivity index (χ2v) is 10.3. The number of aryl methyl sites for hydroxylation is 1. The summed E-state index contributed by atoms with van der Waals surface area (Å²) in [4.78, 5) is 17.8. The molecule has 0 aliphatic carbocycles. The fourth-order valence-corrected chi connectivity index (χ4v) is 5.29. The van der Waals surface area contributed by atoms with Gasteiger partial charge in [-0.25, -0.2) is 4.98 Å². The molecule has 0 fully saturated rings. The zero-order chi connectivity index (χ0) is 20.8. The predicted octanol–water partition coefficient (Wildman–Crippen LogP) is 4.79. The third-order valence-electron chi connectivity index (χ3n) is 4.10. The highest BCUT2D eigenvalue weighted by atomic mass is 35.5. The highest BCUT2D eigenvalue weighted by Gasteiger charge is 2.13. The van der Waals surface area contributed by atoms with Gasteiger partial charge in [-0.3, -0.25) is 4.79 Å². The van der Waals surface area contributed by atoms with Gasteiger partial charge in [0.15, 0.2) is 5.16 Å². The molecule has 0 radical (unpaired) electrons. The Balaban J connectivity index is 1.45. The number of amides is 1. The van der Waals surface area contributed by atoms with Crippen LogP contribution in [0.2, 0.25) is 4.34 Å². The Morgan fingerprint density at radius 1 is 1.34 bits per heavy atom. The minimum Gasteiger partial charge on any atom is -0.356 e. The number of thiophene rings is 1. The van der Waals surface area contributed by atoms with Gasteiger partial charge in [0.2, 0.25) is 5.91 Å². The lowest BCUT2D eigenvalue weighted by molar-refractivity contribution is -0.120. The van der Waals surface area contributed by atoms with Gasteiger partial charge in [0.1, 0.15) is 10.8 Å². The van der Waals surface area contributed by atoms with Crippen molar-refractivity contribution in [3.63, 3.8) is 0 Å². The van der Waals surface area contributed by atoms with Gasteiger partial charge in [0, 0.05) is 24.9 Å². The molecule has 3 aromatic heterocycles. The predicted molar refractivity (Wildman–Crippen MR) is 122 cm³/mol. The van der Waals surface area contributed by atoms with E-state index < -0.39 is 0 Å². The number of nitrogens with one attached hydrogen (secondary N) is 1. The Labute approximate surface area is 188 Å². The summed E-state index contributed by atoms with van der Waals surface area (Å²) in [5, 5.41) is 15.3. The van der Waals surface area contributed by atoms with E-state index in [9.17, 15) is 4.79 Å². The van der Waals surface area contributed by atoms with Crippen LogP contribution in [0.25, 0.3) is 9.88 Å². The van der Waals surface area contributed by atoms with Crippen LogP contribution >= 0.6 is 46.0 Å². The molecule has 1 amide bonds. The van der Waals surface area contributed by atoms with Crippen LogP contribution in [0.15, 0.2) is 22.7 Å². The molecule has 0 aliphatic heterocycles. The fourth-order valence-electron chi connectivity index (χ4n) is 2.84. The Morgan fingerprint density at radius 2 is 2.17 bits per heavy atom. The molecule has 3 rings (SSSR count). The number of thiazole rings is 1. The Morgan fingerprint density at radius 3 is 2.86 bits per heavy atom. The first kappa shape index (κ1) is 22.3. The Kier molecular flexibility index (Phi) is 8.11. The summed E-state index contributed by atoms with van der Waals surface area (Å²) in [6, 6.07) is 3.82. The summed E-state index contributed by atoms with van der Waals surface area (Å²) < 4.78 is 2.92. The largest absolute Gasteiger partial charge is 0.356 e. The molecule has 0 atom stereocenters. The number of rotatable bonds is 10. The molecular weight excluding hydrogens is 446 g/mol. The topological polar surface area (TPSA) is 72.7 Å². The molecule has 10 heteroatoms. The van der Waals surface area contributed by atoms with Crippen molar-refractivity contribution in [3.8, 4) is 9.88 Å². The monoisotopic (exact) mass is 469 g/mol. The average Bonchev–Trinajstić information content (AvgIpc) is 3.39. The third kappa shape index (κ3) is 6.28. The van der Waals surface area contributed by atoms with Crippen molar-refractivity contribution >= 4 is 51.9 Å². The van der Waals surface area contributed by atoms with Gasteiger partial charge >= 0.3 is 0 Å². The summed E-state index contributed by atoms with van der Waals surface area (Å²) in [7, 11) is 0. The lowest BCUT2D eigenvalue weighted by Crippen LogP contribution is -2.26. The minimum absolute atomic E-state index is 0.0143. The quantitative estimate of drug-likeness (QED) is 0.341. The van der Waals surface area contributed by atoms with E-state index >= 15 is 0 Å². The molecule has 0 aliphatic rings. The van der Waals surface area contributed by atoms with E-state index in [1.165, 1.54) is 22.7 Å². The SMILES string of the molecule is CSc1nnc(CCCNC(=O)Cc2csc(-c3ccc(Cl)s3)n2)n1CC(C)C. The smallest absolute Gasteiger partial charge is 0.226 e. The number of carbonyl (C=O) groups is 1. The van der Waals surface area contributed by atoms with Crippen LogP contribution in [0.4, 0.5) is 0 Å². The van der Waals surface area contributed by atoms with Crippen LogP contribution < -0.4 is 5.32 Å². The van der Waals surface area contributed by atoms with E-state index in [-0.39, 0.29) is 12.3 Å². The molecule has 0 aromatic carbocycles. The first-order chi connectivity index (χ1) is 14.0. The first-order valence-electron chi connectivity index (χ1n) is 9.39. The first-order valence-corrected chi connectivity index (χ1v) is 12.7. The van der Waals surface area contributed by atoms with Gasteiger partial charge in [0.05, 0.1) is 21.3 Å². The molecule has 0 bridgehead atoms. The maximum absolute atomic E-state index is 12.2. The number of hydrogen-bond acceptors (Lipinski definition) is 7. The summed E-state index contributed by atoms with van der Waals surface area (Å²) in [5.41, 5.74) is 0.785. The van der Waals surface area contributed by atoms with Crippen molar-refractivity contribution in [3.05, 3.63) is 33.4 Å². The van der Waals surface area contributed by atoms with Crippen LogP contribution in [0.3, 0.4) is 0 Å². The van der Waals surface area contributed by atoms with E-state index in [1.807, 2.05) is 23.8 Å². The highest BCUT2D eigenvalue weighted by molar-refractivity contribution is 7.98. The van der Waals surface area contributed by atoms with Crippen molar-refractivity contribution in [2.24, 2.45) is 5.92 Å².